The first-order valence-corrected chi connectivity index (χ1v) is 6.05. The number of hydrogen-bond donors (Lipinski definition) is 2. The number of halogens is 1. The fourth-order valence-electron chi connectivity index (χ4n) is 1.78. The predicted octanol–water partition coefficient (Wildman–Crippen LogP) is 1.91. The molecule has 1 heterocycles. The summed E-state index contributed by atoms with van der Waals surface area (Å²) in [6, 6.07) is 0.296. The van der Waals surface area contributed by atoms with Gasteiger partial charge in [0, 0.05) is 13.2 Å². The van der Waals surface area contributed by atoms with Gasteiger partial charge in [-0.2, -0.15) is 0 Å². The van der Waals surface area contributed by atoms with Gasteiger partial charge in [0.25, 0.3) is 0 Å². The Bertz CT molecular complexity index is 240. The van der Waals surface area contributed by atoms with E-state index in [4.69, 9.17) is 4.74 Å². The van der Waals surface area contributed by atoms with E-state index in [9.17, 15) is 0 Å². The smallest absolute Gasteiger partial charge is 0.191 e. The second-order valence-electron chi connectivity index (χ2n) is 3.99. The van der Waals surface area contributed by atoms with E-state index in [1.807, 2.05) is 0 Å². The summed E-state index contributed by atoms with van der Waals surface area (Å²) in [5.74, 6) is 0.838. The van der Waals surface area contributed by atoms with Crippen LogP contribution in [0.1, 0.15) is 26.7 Å². The van der Waals surface area contributed by atoms with E-state index in [-0.39, 0.29) is 24.0 Å². The summed E-state index contributed by atoms with van der Waals surface area (Å²) in [4.78, 5) is 4.36. The van der Waals surface area contributed by atoms with Crippen LogP contribution in [0.5, 0.6) is 0 Å². The monoisotopic (exact) mass is 353 g/mol. The first-order valence-electron chi connectivity index (χ1n) is 6.05. The minimum atomic E-state index is 0. The Morgan fingerprint density at radius 2 is 2.41 bits per heavy atom. The number of nitrogens with zero attached hydrogens (tertiary/aromatic N) is 1. The molecule has 2 unspecified atom stereocenters. The molecular weight excluding hydrogens is 329 g/mol. The molecule has 2 atom stereocenters. The van der Waals surface area contributed by atoms with Gasteiger partial charge in [0.1, 0.15) is 0 Å². The van der Waals surface area contributed by atoms with E-state index in [1.165, 1.54) is 0 Å². The zero-order valence-electron chi connectivity index (χ0n) is 10.7. The van der Waals surface area contributed by atoms with E-state index >= 15 is 0 Å². The third-order valence-corrected chi connectivity index (χ3v) is 2.61. The highest BCUT2D eigenvalue weighted by Crippen LogP contribution is 2.15. The molecule has 1 fully saturated rings. The fourth-order valence-corrected chi connectivity index (χ4v) is 1.78. The van der Waals surface area contributed by atoms with Crippen molar-refractivity contribution >= 4 is 29.9 Å². The predicted molar refractivity (Wildman–Crippen MR) is 83.2 cm³/mol. The van der Waals surface area contributed by atoms with Crippen LogP contribution in [0.2, 0.25) is 0 Å². The van der Waals surface area contributed by atoms with Crippen LogP contribution in [-0.2, 0) is 4.74 Å². The van der Waals surface area contributed by atoms with Gasteiger partial charge < -0.3 is 15.4 Å². The molecule has 0 aromatic heterocycles. The highest BCUT2D eigenvalue weighted by molar-refractivity contribution is 14.0. The highest BCUT2D eigenvalue weighted by atomic mass is 127. The molecule has 0 aliphatic carbocycles. The van der Waals surface area contributed by atoms with Crippen molar-refractivity contribution in [2.75, 3.05) is 19.7 Å². The lowest BCUT2D eigenvalue weighted by molar-refractivity contribution is 0.0890. The Kier molecular flexibility index (Phi) is 9.53. The summed E-state index contributed by atoms with van der Waals surface area (Å²) < 4.78 is 5.63. The molecule has 2 N–H and O–H groups in total. The molecule has 0 spiro atoms. The first kappa shape index (κ1) is 16.7. The average Bonchev–Trinajstić information content (AvgIpc) is 2.79. The second-order valence-corrected chi connectivity index (χ2v) is 3.99. The standard InChI is InChI=1S/C12H23N3O.HI/c1-4-8-14-12(13-5-2)15-10(3)11-7-6-9-16-11;/h4,10-11H,1,5-9H2,2-3H3,(H2,13,14,15);1H. The molecule has 1 aliphatic heterocycles. The van der Waals surface area contributed by atoms with Crippen LogP contribution in [0.4, 0.5) is 0 Å². The molecule has 0 bridgehead atoms. The quantitative estimate of drug-likeness (QED) is 0.344. The lowest BCUT2D eigenvalue weighted by atomic mass is 10.1. The van der Waals surface area contributed by atoms with Crippen LogP contribution in [0.25, 0.3) is 0 Å². The largest absolute Gasteiger partial charge is 0.376 e. The normalized spacial score (nSPS) is 21.5. The van der Waals surface area contributed by atoms with Gasteiger partial charge in [-0.05, 0) is 26.7 Å². The Morgan fingerprint density at radius 1 is 1.65 bits per heavy atom. The maximum atomic E-state index is 5.63. The van der Waals surface area contributed by atoms with E-state index in [0.717, 1.165) is 32.0 Å². The number of rotatable bonds is 5. The van der Waals surface area contributed by atoms with Crippen molar-refractivity contribution in [3.8, 4) is 0 Å². The molecule has 1 rings (SSSR count). The number of ether oxygens (including phenoxy) is 1. The van der Waals surface area contributed by atoms with E-state index in [2.05, 4.69) is 36.1 Å². The number of guanidine groups is 1. The third-order valence-electron chi connectivity index (χ3n) is 2.61. The molecule has 0 amide bonds. The Balaban J connectivity index is 0.00000256. The van der Waals surface area contributed by atoms with E-state index in [1.54, 1.807) is 6.08 Å². The summed E-state index contributed by atoms with van der Waals surface area (Å²) in [6.07, 6.45) is 4.40. The van der Waals surface area contributed by atoms with Crippen LogP contribution >= 0.6 is 24.0 Å². The Labute approximate surface area is 121 Å². The van der Waals surface area contributed by atoms with Gasteiger partial charge in [-0.1, -0.05) is 6.08 Å². The first-order chi connectivity index (χ1) is 7.77. The summed E-state index contributed by atoms with van der Waals surface area (Å²) in [5.41, 5.74) is 0. The molecule has 0 radical (unpaired) electrons. The van der Waals surface area contributed by atoms with Crippen molar-refractivity contribution < 1.29 is 4.74 Å². The van der Waals surface area contributed by atoms with Crippen molar-refractivity contribution in [2.24, 2.45) is 4.99 Å². The van der Waals surface area contributed by atoms with Crippen LogP contribution in [-0.4, -0.2) is 37.8 Å². The number of aliphatic imine (C=N–C) groups is 1. The molecule has 4 nitrogen and oxygen atoms in total. The zero-order valence-corrected chi connectivity index (χ0v) is 13.1. The van der Waals surface area contributed by atoms with Crippen molar-refractivity contribution in [1.82, 2.24) is 10.6 Å². The lowest BCUT2D eigenvalue weighted by Gasteiger charge is -2.22. The van der Waals surface area contributed by atoms with Gasteiger partial charge >= 0.3 is 0 Å². The molecule has 1 saturated heterocycles. The Morgan fingerprint density at radius 3 is 2.94 bits per heavy atom. The molecule has 0 aromatic rings. The van der Waals surface area contributed by atoms with Crippen molar-refractivity contribution in [3.63, 3.8) is 0 Å². The Hall–Kier alpha value is -0.300. The van der Waals surface area contributed by atoms with Crippen LogP contribution in [0.15, 0.2) is 17.6 Å². The van der Waals surface area contributed by atoms with Crippen LogP contribution in [0, 0.1) is 0 Å². The van der Waals surface area contributed by atoms with Crippen LogP contribution in [0.3, 0.4) is 0 Å². The minimum Gasteiger partial charge on any atom is -0.376 e. The van der Waals surface area contributed by atoms with Gasteiger partial charge in [-0.15, -0.1) is 30.6 Å². The lowest BCUT2D eigenvalue weighted by Crippen LogP contribution is -2.47. The minimum absolute atomic E-state index is 0. The van der Waals surface area contributed by atoms with E-state index < -0.39 is 0 Å². The molecule has 0 saturated carbocycles. The molecule has 0 aromatic carbocycles. The van der Waals surface area contributed by atoms with Gasteiger partial charge in [0.2, 0.25) is 0 Å². The summed E-state index contributed by atoms with van der Waals surface area (Å²) in [6.45, 7) is 10.2. The molecule has 1 aliphatic rings. The van der Waals surface area contributed by atoms with Gasteiger partial charge in [0.05, 0.1) is 18.7 Å². The van der Waals surface area contributed by atoms with Crippen molar-refractivity contribution in [3.05, 3.63) is 12.7 Å². The summed E-state index contributed by atoms with van der Waals surface area (Å²) in [7, 11) is 0. The molecular formula is C12H24IN3O. The SMILES string of the molecule is C=CCN=C(NCC)NC(C)C1CCCO1.I. The molecule has 5 heteroatoms. The van der Waals surface area contributed by atoms with Crippen molar-refractivity contribution in [2.45, 2.75) is 38.8 Å². The third kappa shape index (κ3) is 6.26. The summed E-state index contributed by atoms with van der Waals surface area (Å²) >= 11 is 0. The second kappa shape index (κ2) is 9.70. The van der Waals surface area contributed by atoms with Crippen molar-refractivity contribution in [1.29, 1.82) is 0 Å². The van der Waals surface area contributed by atoms with Gasteiger partial charge in [-0.3, -0.25) is 0 Å². The summed E-state index contributed by atoms with van der Waals surface area (Å²) in [5, 5.41) is 6.57. The van der Waals surface area contributed by atoms with Crippen LogP contribution < -0.4 is 10.6 Å². The molecule has 17 heavy (non-hydrogen) atoms. The maximum Gasteiger partial charge on any atom is 0.191 e. The number of hydrogen-bond acceptors (Lipinski definition) is 2. The number of nitrogens with one attached hydrogen (secondary N) is 2. The topological polar surface area (TPSA) is 45.7 Å². The zero-order chi connectivity index (χ0) is 11.8. The molecule has 100 valence electrons. The highest BCUT2D eigenvalue weighted by Gasteiger charge is 2.22. The maximum absolute atomic E-state index is 5.63. The van der Waals surface area contributed by atoms with E-state index in [0.29, 0.717) is 18.7 Å². The average molecular weight is 353 g/mol. The fraction of sp³-hybridized carbons (Fsp3) is 0.750. The van der Waals surface area contributed by atoms with Gasteiger partial charge in [0.15, 0.2) is 5.96 Å². The van der Waals surface area contributed by atoms with Gasteiger partial charge in [-0.25, -0.2) is 4.99 Å².